The van der Waals surface area contributed by atoms with Crippen molar-refractivity contribution in [2.45, 2.75) is 47.1 Å². The van der Waals surface area contributed by atoms with Crippen LogP contribution in [0.5, 0.6) is 0 Å². The van der Waals surface area contributed by atoms with Gasteiger partial charge in [0.2, 0.25) is 5.91 Å². The lowest BCUT2D eigenvalue weighted by atomic mass is 10.1. The number of aryl methyl sites for hydroxylation is 2. The molecule has 6 nitrogen and oxygen atoms in total. The molecule has 0 aliphatic carbocycles. The van der Waals surface area contributed by atoms with Crippen LogP contribution in [0.1, 0.15) is 56.8 Å². The van der Waals surface area contributed by atoms with Crippen molar-refractivity contribution < 1.29 is 9.59 Å². The third kappa shape index (κ3) is 5.11. The van der Waals surface area contributed by atoms with E-state index in [0.717, 1.165) is 48.4 Å². The van der Waals surface area contributed by atoms with Gasteiger partial charge in [0, 0.05) is 41.7 Å². The number of anilines is 1. The minimum Gasteiger partial charge on any atom is -0.339 e. The summed E-state index contributed by atoms with van der Waals surface area (Å²) >= 11 is 0. The summed E-state index contributed by atoms with van der Waals surface area (Å²) in [5.74, 6) is -0.201. The Kier molecular flexibility index (Phi) is 6.96. The highest BCUT2D eigenvalue weighted by molar-refractivity contribution is 6.04. The van der Waals surface area contributed by atoms with Gasteiger partial charge in [0.1, 0.15) is 0 Å². The number of rotatable bonds is 6. The van der Waals surface area contributed by atoms with Crippen molar-refractivity contribution in [2.24, 2.45) is 0 Å². The quantitative estimate of drug-likeness (QED) is 0.528. The maximum absolute atomic E-state index is 12.8. The van der Waals surface area contributed by atoms with Crippen LogP contribution in [0.3, 0.4) is 0 Å². The summed E-state index contributed by atoms with van der Waals surface area (Å²) in [5.41, 5.74) is 7.34. The van der Waals surface area contributed by atoms with Gasteiger partial charge in [-0.3, -0.25) is 14.3 Å². The van der Waals surface area contributed by atoms with Crippen LogP contribution >= 0.6 is 0 Å². The first kappa shape index (κ1) is 23.5. The monoisotopic (exact) mass is 456 g/mol. The molecule has 0 atom stereocenters. The molecule has 2 amide bonds. The van der Waals surface area contributed by atoms with Crippen LogP contribution in [-0.4, -0.2) is 39.6 Å². The molecule has 2 aromatic carbocycles. The first-order chi connectivity index (χ1) is 16.3. The molecule has 0 unspecified atom stereocenters. The zero-order valence-corrected chi connectivity index (χ0v) is 20.4. The number of benzene rings is 2. The Balaban J connectivity index is 1.46. The summed E-state index contributed by atoms with van der Waals surface area (Å²) in [5, 5.41) is 7.60. The Hall–Kier alpha value is -3.67. The summed E-state index contributed by atoms with van der Waals surface area (Å²) in [6.45, 7) is 10.2. The number of nitrogens with zero attached hydrogens (tertiary/aromatic N) is 3. The molecule has 0 spiro atoms. The van der Waals surface area contributed by atoms with Crippen molar-refractivity contribution in [1.29, 1.82) is 0 Å². The third-order valence-corrected chi connectivity index (χ3v) is 6.51. The largest absolute Gasteiger partial charge is 0.339 e. The van der Waals surface area contributed by atoms with E-state index in [1.807, 2.05) is 54.6 Å². The SMILES string of the molecule is Cc1ccc(Cn2nc(C)c(/C=C/C(=O)Nc3cccc(C(=O)N4CCCC4)c3C)c2C)cc1. The van der Waals surface area contributed by atoms with Gasteiger partial charge in [-0.2, -0.15) is 5.10 Å². The lowest BCUT2D eigenvalue weighted by Crippen LogP contribution is -2.28. The average Bonchev–Trinajstić information content (AvgIpc) is 3.44. The lowest BCUT2D eigenvalue weighted by Gasteiger charge is -2.18. The van der Waals surface area contributed by atoms with E-state index in [1.54, 1.807) is 0 Å². The van der Waals surface area contributed by atoms with Crippen LogP contribution in [0.2, 0.25) is 0 Å². The Morgan fingerprint density at radius 3 is 2.41 bits per heavy atom. The molecule has 2 heterocycles. The Labute approximate surface area is 201 Å². The normalized spacial score (nSPS) is 13.6. The van der Waals surface area contributed by atoms with Gasteiger partial charge in [-0.25, -0.2) is 0 Å². The molecule has 0 radical (unpaired) electrons. The molecule has 1 aliphatic rings. The number of hydrogen-bond donors (Lipinski definition) is 1. The van der Waals surface area contributed by atoms with Gasteiger partial charge in [0.15, 0.2) is 0 Å². The highest BCUT2D eigenvalue weighted by atomic mass is 16.2. The van der Waals surface area contributed by atoms with Gasteiger partial charge in [0.05, 0.1) is 12.2 Å². The highest BCUT2D eigenvalue weighted by Gasteiger charge is 2.22. The van der Waals surface area contributed by atoms with Crippen LogP contribution in [0.4, 0.5) is 5.69 Å². The fourth-order valence-corrected chi connectivity index (χ4v) is 4.40. The standard InChI is InChI=1S/C28H32N4O2/c1-19-10-12-23(13-11-19)18-32-22(4)25(21(3)30-32)14-15-27(33)29-26-9-7-8-24(20(26)2)28(34)31-16-5-6-17-31/h7-15H,5-6,16-18H2,1-4H3,(H,29,33)/b15-14+. The van der Waals surface area contributed by atoms with Gasteiger partial charge in [-0.05, 0) is 69.9 Å². The molecule has 1 saturated heterocycles. The fourth-order valence-electron chi connectivity index (χ4n) is 4.40. The van der Waals surface area contributed by atoms with Crippen LogP contribution in [0.15, 0.2) is 48.5 Å². The second-order valence-corrected chi connectivity index (χ2v) is 9.03. The minimum atomic E-state index is -0.237. The smallest absolute Gasteiger partial charge is 0.254 e. The second-order valence-electron chi connectivity index (χ2n) is 9.03. The van der Waals surface area contributed by atoms with E-state index in [4.69, 9.17) is 0 Å². The van der Waals surface area contributed by atoms with E-state index in [2.05, 4.69) is 41.6 Å². The lowest BCUT2D eigenvalue weighted by molar-refractivity contribution is -0.111. The Morgan fingerprint density at radius 2 is 1.71 bits per heavy atom. The second kappa shape index (κ2) is 10.1. The number of carbonyl (C=O) groups excluding carboxylic acids is 2. The molecule has 6 heteroatoms. The third-order valence-electron chi connectivity index (χ3n) is 6.51. The highest BCUT2D eigenvalue weighted by Crippen LogP contribution is 2.23. The number of carbonyl (C=O) groups is 2. The van der Waals surface area contributed by atoms with Crippen LogP contribution in [-0.2, 0) is 11.3 Å². The predicted molar refractivity (Wildman–Crippen MR) is 136 cm³/mol. The maximum atomic E-state index is 12.8. The van der Waals surface area contributed by atoms with Gasteiger partial charge >= 0.3 is 0 Å². The molecule has 176 valence electrons. The molecule has 1 aromatic heterocycles. The Morgan fingerprint density at radius 1 is 1.00 bits per heavy atom. The van der Waals surface area contributed by atoms with Gasteiger partial charge in [-0.1, -0.05) is 35.9 Å². The van der Waals surface area contributed by atoms with E-state index in [-0.39, 0.29) is 11.8 Å². The number of hydrogen-bond acceptors (Lipinski definition) is 3. The number of aromatic nitrogens is 2. The molecular weight excluding hydrogens is 424 g/mol. The van der Waals surface area contributed by atoms with Crippen molar-refractivity contribution in [2.75, 3.05) is 18.4 Å². The summed E-state index contributed by atoms with van der Waals surface area (Å²) in [6.07, 6.45) is 5.44. The number of likely N-dealkylation sites (tertiary alicyclic amines) is 1. The van der Waals surface area contributed by atoms with Crippen molar-refractivity contribution >= 4 is 23.6 Å². The zero-order valence-electron chi connectivity index (χ0n) is 20.4. The fraction of sp³-hybridized carbons (Fsp3) is 0.321. The average molecular weight is 457 g/mol. The molecule has 1 aliphatic heterocycles. The summed E-state index contributed by atoms with van der Waals surface area (Å²) < 4.78 is 1.97. The number of nitrogens with one attached hydrogen (secondary N) is 1. The summed E-state index contributed by atoms with van der Waals surface area (Å²) in [6, 6.07) is 13.9. The van der Waals surface area contributed by atoms with E-state index in [0.29, 0.717) is 17.8 Å². The first-order valence-electron chi connectivity index (χ1n) is 11.8. The van der Waals surface area contributed by atoms with E-state index < -0.39 is 0 Å². The number of amides is 2. The van der Waals surface area contributed by atoms with Crippen molar-refractivity contribution in [1.82, 2.24) is 14.7 Å². The minimum absolute atomic E-state index is 0.0360. The maximum Gasteiger partial charge on any atom is 0.254 e. The van der Waals surface area contributed by atoms with Gasteiger partial charge < -0.3 is 10.2 Å². The van der Waals surface area contributed by atoms with Crippen molar-refractivity contribution in [3.05, 3.63) is 87.7 Å². The molecule has 3 aromatic rings. The molecule has 34 heavy (non-hydrogen) atoms. The van der Waals surface area contributed by atoms with E-state index in [9.17, 15) is 9.59 Å². The van der Waals surface area contributed by atoms with E-state index in [1.165, 1.54) is 17.2 Å². The predicted octanol–water partition coefficient (Wildman–Crippen LogP) is 5.05. The zero-order chi connectivity index (χ0) is 24.2. The topological polar surface area (TPSA) is 67.2 Å². The molecule has 0 bridgehead atoms. The van der Waals surface area contributed by atoms with Crippen LogP contribution in [0, 0.1) is 27.7 Å². The van der Waals surface area contributed by atoms with Crippen molar-refractivity contribution in [3.8, 4) is 0 Å². The van der Waals surface area contributed by atoms with Gasteiger partial charge in [0.25, 0.3) is 5.91 Å². The molecule has 1 fully saturated rings. The van der Waals surface area contributed by atoms with Crippen molar-refractivity contribution in [3.63, 3.8) is 0 Å². The summed E-state index contributed by atoms with van der Waals surface area (Å²) in [4.78, 5) is 27.4. The first-order valence-corrected chi connectivity index (χ1v) is 11.8. The van der Waals surface area contributed by atoms with Gasteiger partial charge in [-0.15, -0.1) is 0 Å². The Bertz CT molecular complexity index is 1230. The summed E-state index contributed by atoms with van der Waals surface area (Å²) in [7, 11) is 0. The molecule has 0 saturated carbocycles. The molecule has 4 rings (SSSR count). The van der Waals surface area contributed by atoms with E-state index >= 15 is 0 Å². The molecular formula is C28H32N4O2. The van der Waals surface area contributed by atoms with Crippen LogP contribution < -0.4 is 5.32 Å². The van der Waals surface area contributed by atoms with Crippen LogP contribution in [0.25, 0.3) is 6.08 Å². The molecule has 1 N–H and O–H groups in total.